The van der Waals surface area contributed by atoms with E-state index in [1.807, 2.05) is 0 Å². The highest BCUT2D eigenvalue weighted by Gasteiger charge is 2.46. The number of nitro benzene ring substituents is 1. The molecule has 0 aliphatic carbocycles. The van der Waals surface area contributed by atoms with Gasteiger partial charge < -0.3 is 10.0 Å². The number of nitrogens with zero attached hydrogens (tertiary/aromatic N) is 4. The molecular weight excluding hydrogens is 400 g/mol. The summed E-state index contributed by atoms with van der Waals surface area (Å²) in [5.41, 5.74) is 1.20. The summed E-state index contributed by atoms with van der Waals surface area (Å²) in [6.07, 6.45) is 6.28. The first-order valence-corrected chi connectivity index (χ1v) is 9.29. The van der Waals surface area contributed by atoms with E-state index < -0.39 is 28.4 Å². The average molecular weight is 416 g/mol. The Morgan fingerprint density at radius 2 is 1.71 bits per heavy atom. The van der Waals surface area contributed by atoms with Gasteiger partial charge in [0.1, 0.15) is 5.76 Å². The first-order valence-electron chi connectivity index (χ1n) is 9.29. The van der Waals surface area contributed by atoms with Gasteiger partial charge in [-0.1, -0.05) is 12.1 Å². The summed E-state index contributed by atoms with van der Waals surface area (Å²) in [5, 5.41) is 21.8. The molecule has 1 aromatic carbocycles. The van der Waals surface area contributed by atoms with Crippen molar-refractivity contribution in [2.24, 2.45) is 0 Å². The van der Waals surface area contributed by atoms with Gasteiger partial charge in [-0.3, -0.25) is 29.7 Å². The lowest BCUT2D eigenvalue weighted by atomic mass is 9.96. The van der Waals surface area contributed by atoms with E-state index in [1.54, 1.807) is 42.9 Å². The summed E-state index contributed by atoms with van der Waals surface area (Å²) in [6, 6.07) is 11.1. The standard InChI is InChI=1S/C22H16N4O5/c27-20(15-5-7-17(8-6-15)26(30)31)18-19(16-4-2-10-24-12-16)25(22(29)21(18)28)13-14-3-1-9-23-11-14/h1-12,19,27H,13H2/b20-18-. The summed E-state index contributed by atoms with van der Waals surface area (Å²) < 4.78 is 0. The molecular formula is C22H16N4O5. The third kappa shape index (κ3) is 3.76. The molecule has 1 amide bonds. The number of rotatable bonds is 5. The van der Waals surface area contributed by atoms with E-state index in [4.69, 9.17) is 0 Å². The minimum Gasteiger partial charge on any atom is -0.507 e. The number of nitro groups is 1. The molecule has 0 bridgehead atoms. The number of likely N-dealkylation sites (tertiary alicyclic amines) is 1. The number of non-ortho nitro benzene ring substituents is 1. The fraction of sp³-hybridized carbons (Fsp3) is 0.0909. The van der Waals surface area contributed by atoms with Crippen LogP contribution in [0.4, 0.5) is 5.69 Å². The lowest BCUT2D eigenvalue weighted by Gasteiger charge is -2.25. The maximum absolute atomic E-state index is 12.9. The molecule has 0 spiro atoms. The van der Waals surface area contributed by atoms with Crippen LogP contribution in [0.1, 0.15) is 22.7 Å². The number of Topliss-reactive ketones (excluding diaryl/α,β-unsaturated/α-hetero) is 1. The monoisotopic (exact) mass is 416 g/mol. The number of pyridine rings is 2. The second-order valence-electron chi connectivity index (χ2n) is 6.88. The number of hydrogen-bond donors (Lipinski definition) is 1. The quantitative estimate of drug-likeness (QED) is 0.223. The van der Waals surface area contributed by atoms with Crippen molar-refractivity contribution in [3.8, 4) is 0 Å². The van der Waals surface area contributed by atoms with Gasteiger partial charge in [0.2, 0.25) is 0 Å². The highest BCUT2D eigenvalue weighted by atomic mass is 16.6. The third-order valence-electron chi connectivity index (χ3n) is 4.97. The Hall–Kier alpha value is -4.40. The van der Waals surface area contributed by atoms with Crippen LogP contribution >= 0.6 is 0 Å². The Morgan fingerprint density at radius 1 is 1.03 bits per heavy atom. The summed E-state index contributed by atoms with van der Waals surface area (Å²) in [7, 11) is 0. The van der Waals surface area contributed by atoms with E-state index in [0.29, 0.717) is 11.1 Å². The van der Waals surface area contributed by atoms with Gasteiger partial charge in [0, 0.05) is 49.0 Å². The van der Waals surface area contributed by atoms with Crippen LogP contribution in [0.3, 0.4) is 0 Å². The first kappa shape index (κ1) is 19.9. The van der Waals surface area contributed by atoms with Crippen LogP contribution in [0.25, 0.3) is 5.76 Å². The fourth-order valence-corrected chi connectivity index (χ4v) is 3.51. The van der Waals surface area contributed by atoms with Crippen LogP contribution in [-0.4, -0.2) is 36.6 Å². The molecule has 31 heavy (non-hydrogen) atoms. The zero-order valence-corrected chi connectivity index (χ0v) is 16.1. The molecule has 1 N–H and O–H groups in total. The summed E-state index contributed by atoms with van der Waals surface area (Å²) >= 11 is 0. The molecule has 9 heteroatoms. The molecule has 1 unspecified atom stereocenters. The molecule has 9 nitrogen and oxygen atoms in total. The van der Waals surface area contributed by atoms with Crippen molar-refractivity contribution in [3.05, 3.63) is 106 Å². The van der Waals surface area contributed by atoms with Crippen LogP contribution in [0.15, 0.2) is 78.9 Å². The van der Waals surface area contributed by atoms with Crippen LogP contribution in [0, 0.1) is 10.1 Å². The Morgan fingerprint density at radius 3 is 2.29 bits per heavy atom. The van der Waals surface area contributed by atoms with Crippen LogP contribution in [0.5, 0.6) is 0 Å². The van der Waals surface area contributed by atoms with Gasteiger partial charge in [-0.25, -0.2) is 0 Å². The lowest BCUT2D eigenvalue weighted by Crippen LogP contribution is -2.29. The second kappa shape index (κ2) is 8.15. The number of ketones is 1. The largest absolute Gasteiger partial charge is 0.507 e. The Labute approximate surface area is 176 Å². The molecule has 1 atom stereocenters. The molecule has 2 aromatic heterocycles. The molecule has 3 aromatic rings. The van der Waals surface area contributed by atoms with Crippen molar-refractivity contribution in [2.45, 2.75) is 12.6 Å². The van der Waals surface area contributed by atoms with E-state index in [0.717, 1.165) is 0 Å². The minimum absolute atomic E-state index is 0.101. The first-order chi connectivity index (χ1) is 15.0. The van der Waals surface area contributed by atoms with E-state index in [2.05, 4.69) is 9.97 Å². The number of carbonyl (C=O) groups excluding carboxylic acids is 2. The molecule has 4 rings (SSSR count). The Bertz CT molecular complexity index is 1180. The molecule has 1 aliphatic heterocycles. The molecule has 1 aliphatic rings. The van der Waals surface area contributed by atoms with Crippen molar-refractivity contribution in [1.82, 2.24) is 14.9 Å². The normalized spacial score (nSPS) is 17.7. The molecule has 0 saturated carbocycles. The van der Waals surface area contributed by atoms with Crippen LogP contribution in [0.2, 0.25) is 0 Å². The number of amides is 1. The maximum Gasteiger partial charge on any atom is 0.295 e. The summed E-state index contributed by atoms with van der Waals surface area (Å²) in [5.74, 6) is -2.01. The zero-order valence-electron chi connectivity index (χ0n) is 16.1. The van der Waals surface area contributed by atoms with Gasteiger partial charge in [-0.15, -0.1) is 0 Å². The molecule has 3 heterocycles. The molecule has 1 saturated heterocycles. The maximum atomic E-state index is 12.9. The number of aromatic nitrogens is 2. The van der Waals surface area contributed by atoms with Gasteiger partial charge in [0.15, 0.2) is 0 Å². The number of hydrogen-bond acceptors (Lipinski definition) is 7. The number of aliphatic hydroxyl groups excluding tert-OH is 1. The number of aliphatic hydroxyl groups is 1. The van der Waals surface area contributed by atoms with Gasteiger partial charge >= 0.3 is 0 Å². The van der Waals surface area contributed by atoms with Crippen molar-refractivity contribution in [1.29, 1.82) is 0 Å². The smallest absolute Gasteiger partial charge is 0.295 e. The Kier molecular flexibility index (Phi) is 5.23. The van der Waals surface area contributed by atoms with Crippen molar-refractivity contribution < 1.29 is 19.6 Å². The van der Waals surface area contributed by atoms with Crippen molar-refractivity contribution >= 4 is 23.1 Å². The van der Waals surface area contributed by atoms with Gasteiger partial charge in [0.05, 0.1) is 16.5 Å². The predicted octanol–water partition coefficient (Wildman–Crippen LogP) is 3.01. The lowest BCUT2D eigenvalue weighted by molar-refractivity contribution is -0.384. The fourth-order valence-electron chi connectivity index (χ4n) is 3.51. The van der Waals surface area contributed by atoms with E-state index >= 15 is 0 Å². The third-order valence-corrected chi connectivity index (χ3v) is 4.97. The van der Waals surface area contributed by atoms with Gasteiger partial charge in [-0.2, -0.15) is 0 Å². The number of carbonyl (C=O) groups is 2. The second-order valence-corrected chi connectivity index (χ2v) is 6.88. The minimum atomic E-state index is -0.871. The topological polar surface area (TPSA) is 127 Å². The van der Waals surface area contributed by atoms with E-state index in [-0.39, 0.29) is 23.4 Å². The van der Waals surface area contributed by atoms with Crippen molar-refractivity contribution in [2.75, 3.05) is 0 Å². The molecule has 1 fully saturated rings. The summed E-state index contributed by atoms with van der Waals surface area (Å²) in [6.45, 7) is 0.106. The van der Waals surface area contributed by atoms with E-state index in [9.17, 15) is 24.8 Å². The van der Waals surface area contributed by atoms with Crippen LogP contribution < -0.4 is 0 Å². The predicted molar refractivity (Wildman–Crippen MR) is 109 cm³/mol. The number of benzene rings is 1. The SMILES string of the molecule is O=C1C(=O)N(Cc2cccnc2)C(c2cccnc2)/C1=C(/O)c1ccc([N+](=O)[O-])cc1. The molecule has 0 radical (unpaired) electrons. The Balaban J connectivity index is 1.83. The zero-order chi connectivity index (χ0) is 22.0. The molecule has 154 valence electrons. The highest BCUT2D eigenvalue weighted by molar-refractivity contribution is 6.46. The van der Waals surface area contributed by atoms with Gasteiger partial charge in [0.25, 0.3) is 17.4 Å². The highest BCUT2D eigenvalue weighted by Crippen LogP contribution is 2.40. The summed E-state index contributed by atoms with van der Waals surface area (Å²) in [4.78, 5) is 45.6. The average Bonchev–Trinajstić information content (AvgIpc) is 3.05. The van der Waals surface area contributed by atoms with Crippen molar-refractivity contribution in [3.63, 3.8) is 0 Å². The van der Waals surface area contributed by atoms with Gasteiger partial charge in [-0.05, 0) is 35.4 Å². The van der Waals surface area contributed by atoms with E-state index in [1.165, 1.54) is 35.4 Å². The van der Waals surface area contributed by atoms with Crippen LogP contribution in [-0.2, 0) is 16.1 Å².